The summed E-state index contributed by atoms with van der Waals surface area (Å²) in [6.45, 7) is 0. The van der Waals surface area contributed by atoms with Crippen LogP contribution in [0, 0.1) is 0 Å². The second-order valence-electron chi connectivity index (χ2n) is 5.91. The number of halogens is 4. The van der Waals surface area contributed by atoms with Crippen molar-refractivity contribution in [2.45, 2.75) is 11.1 Å². The number of nitrogens with two attached hydrogens (primary N) is 1. The number of carbonyl (C=O) groups is 1. The van der Waals surface area contributed by atoms with Crippen LogP contribution in [0.3, 0.4) is 0 Å². The number of rotatable bonds is 3. The zero-order valence-electron chi connectivity index (χ0n) is 14.1. The molecule has 1 heterocycles. The molecule has 0 radical (unpaired) electrons. The van der Waals surface area contributed by atoms with Gasteiger partial charge in [0.15, 0.2) is 0 Å². The van der Waals surface area contributed by atoms with Crippen LogP contribution in [0.5, 0.6) is 0 Å². The van der Waals surface area contributed by atoms with Crippen molar-refractivity contribution >= 4 is 42.9 Å². The zero-order chi connectivity index (χ0) is 21.7. The summed E-state index contributed by atoms with van der Waals surface area (Å²) < 4.78 is 73.4. The normalized spacial score (nSPS) is 12.3. The highest BCUT2D eigenvalue weighted by atomic mass is 79.9. The predicted molar refractivity (Wildman–Crippen MR) is 101 cm³/mol. The molecule has 2 aromatic carbocycles. The van der Waals surface area contributed by atoms with Crippen molar-refractivity contribution in [3.8, 4) is 5.69 Å². The third-order valence-electron chi connectivity index (χ3n) is 4.07. The summed E-state index contributed by atoms with van der Waals surface area (Å²) in [6, 6.07) is 6.71. The van der Waals surface area contributed by atoms with Gasteiger partial charge in [-0.15, -0.1) is 0 Å². The van der Waals surface area contributed by atoms with E-state index in [4.69, 9.17) is 5.73 Å². The number of primary amides is 1. The van der Waals surface area contributed by atoms with Crippen LogP contribution < -0.4 is 11.3 Å². The predicted octanol–water partition coefficient (Wildman–Crippen LogP) is 3.12. The molecule has 1 aromatic heterocycles. The van der Waals surface area contributed by atoms with E-state index < -0.39 is 43.6 Å². The summed E-state index contributed by atoms with van der Waals surface area (Å²) in [5.41, 5.74) is 2.75. The molecule has 0 aliphatic rings. The number of carbonyl (C=O) groups excluding carboxylic acids is 1. The SMILES string of the molecule is NC(=O)c1ccc(-n2c(=O)cc(C(F)(F)F)c3cc(S(=O)(=O)O)ccc32)cc1Br. The van der Waals surface area contributed by atoms with E-state index in [9.17, 15) is 35.7 Å². The monoisotopic (exact) mass is 490 g/mol. The third-order valence-corrected chi connectivity index (χ3v) is 5.57. The molecule has 152 valence electrons. The lowest BCUT2D eigenvalue weighted by atomic mass is 10.1. The Balaban J connectivity index is 2.43. The molecule has 0 saturated heterocycles. The summed E-state index contributed by atoms with van der Waals surface area (Å²) in [5.74, 6) is -0.758. The Bertz CT molecular complexity index is 1330. The van der Waals surface area contributed by atoms with Crippen molar-refractivity contribution in [1.82, 2.24) is 4.57 Å². The molecule has 7 nitrogen and oxygen atoms in total. The molecule has 0 atom stereocenters. The first-order valence-corrected chi connectivity index (χ1v) is 9.88. The molecule has 3 N–H and O–H groups in total. The van der Waals surface area contributed by atoms with E-state index in [1.807, 2.05) is 0 Å². The highest BCUT2D eigenvalue weighted by molar-refractivity contribution is 9.10. The summed E-state index contributed by atoms with van der Waals surface area (Å²) in [7, 11) is -4.78. The number of alkyl halides is 3. The van der Waals surface area contributed by atoms with Gasteiger partial charge in [0.2, 0.25) is 5.91 Å². The zero-order valence-corrected chi connectivity index (χ0v) is 16.5. The van der Waals surface area contributed by atoms with Crippen molar-refractivity contribution < 1.29 is 30.9 Å². The maximum atomic E-state index is 13.4. The smallest absolute Gasteiger partial charge is 0.366 e. The van der Waals surface area contributed by atoms with Crippen LogP contribution >= 0.6 is 15.9 Å². The second kappa shape index (κ2) is 6.97. The topological polar surface area (TPSA) is 119 Å². The summed E-state index contributed by atoms with van der Waals surface area (Å²) in [4.78, 5) is 23.1. The van der Waals surface area contributed by atoms with Crippen molar-refractivity contribution in [2.24, 2.45) is 5.73 Å². The number of benzene rings is 2. The van der Waals surface area contributed by atoms with E-state index >= 15 is 0 Å². The molecular weight excluding hydrogens is 481 g/mol. The number of aromatic nitrogens is 1. The highest BCUT2D eigenvalue weighted by Gasteiger charge is 2.34. The molecule has 0 unspecified atom stereocenters. The Labute approximate surface area is 169 Å². The number of nitrogens with zero attached hydrogens (tertiary/aromatic N) is 1. The Hall–Kier alpha value is -2.70. The first kappa shape index (κ1) is 21.0. The van der Waals surface area contributed by atoms with E-state index in [0.717, 1.165) is 16.7 Å². The quantitative estimate of drug-likeness (QED) is 0.546. The van der Waals surface area contributed by atoms with E-state index in [1.54, 1.807) is 0 Å². The first-order valence-electron chi connectivity index (χ1n) is 7.65. The van der Waals surface area contributed by atoms with Gasteiger partial charge in [-0.3, -0.25) is 18.7 Å². The minimum atomic E-state index is -4.95. The molecule has 0 aliphatic heterocycles. The minimum absolute atomic E-state index is 0.0895. The standard InChI is InChI=1S/C17H10BrF3N2O5S/c18-13-5-8(1-3-10(13)16(22)25)23-14-4-2-9(29(26,27)28)6-11(14)12(7-15(23)24)17(19,20)21/h1-7H,(H2,22,25)(H,26,27,28). The van der Waals surface area contributed by atoms with Gasteiger partial charge in [0, 0.05) is 15.9 Å². The van der Waals surface area contributed by atoms with E-state index in [2.05, 4.69) is 15.9 Å². The Morgan fingerprint density at radius 1 is 1.10 bits per heavy atom. The van der Waals surface area contributed by atoms with Crippen molar-refractivity contribution in [3.05, 3.63) is 68.4 Å². The lowest BCUT2D eigenvalue weighted by Gasteiger charge is -2.16. The van der Waals surface area contributed by atoms with Gasteiger partial charge in [0.1, 0.15) is 0 Å². The Morgan fingerprint density at radius 2 is 1.76 bits per heavy atom. The molecule has 29 heavy (non-hydrogen) atoms. The third kappa shape index (κ3) is 3.91. The summed E-state index contributed by atoms with van der Waals surface area (Å²) >= 11 is 3.11. The van der Waals surface area contributed by atoms with Crippen molar-refractivity contribution in [3.63, 3.8) is 0 Å². The first-order chi connectivity index (χ1) is 13.3. The van der Waals surface area contributed by atoms with Gasteiger partial charge in [0.25, 0.3) is 15.7 Å². The number of hydrogen-bond acceptors (Lipinski definition) is 4. The van der Waals surface area contributed by atoms with Gasteiger partial charge >= 0.3 is 6.18 Å². The van der Waals surface area contributed by atoms with Gasteiger partial charge < -0.3 is 5.73 Å². The average molecular weight is 491 g/mol. The minimum Gasteiger partial charge on any atom is -0.366 e. The summed E-state index contributed by atoms with van der Waals surface area (Å²) in [6.07, 6.45) is -4.95. The van der Waals surface area contributed by atoms with Crippen molar-refractivity contribution in [2.75, 3.05) is 0 Å². The van der Waals surface area contributed by atoms with Gasteiger partial charge in [-0.1, -0.05) is 0 Å². The number of pyridine rings is 1. The Kier molecular flexibility index (Phi) is 5.05. The van der Waals surface area contributed by atoms with Crippen LogP contribution in [-0.4, -0.2) is 23.4 Å². The molecule has 0 bridgehead atoms. The second-order valence-corrected chi connectivity index (χ2v) is 8.19. The van der Waals surface area contributed by atoms with Crippen LogP contribution in [0.4, 0.5) is 13.2 Å². The fraction of sp³-hybridized carbons (Fsp3) is 0.0588. The molecule has 12 heteroatoms. The molecule has 0 spiro atoms. The maximum Gasteiger partial charge on any atom is 0.417 e. The Morgan fingerprint density at radius 3 is 2.28 bits per heavy atom. The lowest BCUT2D eigenvalue weighted by Crippen LogP contribution is -2.22. The highest BCUT2D eigenvalue weighted by Crippen LogP contribution is 2.35. The fourth-order valence-electron chi connectivity index (χ4n) is 2.81. The molecule has 3 aromatic rings. The van der Waals surface area contributed by atoms with Crippen LogP contribution in [-0.2, 0) is 16.3 Å². The molecule has 1 amide bonds. The number of fused-ring (bicyclic) bond motifs is 1. The van der Waals surface area contributed by atoms with Gasteiger partial charge in [-0.25, -0.2) is 0 Å². The van der Waals surface area contributed by atoms with E-state index in [1.165, 1.54) is 18.2 Å². The maximum absolute atomic E-state index is 13.4. The fourth-order valence-corrected chi connectivity index (χ4v) is 3.88. The van der Waals surface area contributed by atoms with E-state index in [0.29, 0.717) is 12.1 Å². The van der Waals surface area contributed by atoms with Crippen LogP contribution in [0.25, 0.3) is 16.6 Å². The van der Waals surface area contributed by atoms with E-state index in [-0.39, 0.29) is 21.2 Å². The molecule has 0 fully saturated rings. The lowest BCUT2D eigenvalue weighted by molar-refractivity contribution is -0.136. The molecule has 3 rings (SSSR count). The van der Waals surface area contributed by atoms with Gasteiger partial charge in [0.05, 0.1) is 27.2 Å². The summed E-state index contributed by atoms with van der Waals surface area (Å²) in [5, 5.41) is -0.609. The average Bonchev–Trinajstić information content (AvgIpc) is 2.58. The molecule has 0 saturated carbocycles. The number of amides is 1. The van der Waals surface area contributed by atoms with Gasteiger partial charge in [-0.2, -0.15) is 21.6 Å². The van der Waals surface area contributed by atoms with Crippen molar-refractivity contribution in [1.29, 1.82) is 0 Å². The van der Waals surface area contributed by atoms with Crippen LogP contribution in [0.15, 0.2) is 56.6 Å². The van der Waals surface area contributed by atoms with Crippen LogP contribution in [0.2, 0.25) is 0 Å². The molecular formula is C17H10BrF3N2O5S. The van der Waals surface area contributed by atoms with Crippen LogP contribution in [0.1, 0.15) is 15.9 Å². The largest absolute Gasteiger partial charge is 0.417 e. The molecule has 0 aliphatic carbocycles. The number of hydrogen-bond donors (Lipinski definition) is 2. The van der Waals surface area contributed by atoms with Gasteiger partial charge in [-0.05, 0) is 52.3 Å².